The van der Waals surface area contributed by atoms with Crippen LogP contribution in [-0.4, -0.2) is 23.5 Å². The van der Waals surface area contributed by atoms with Crippen LogP contribution in [0.2, 0.25) is 0 Å². The maximum atomic E-state index is 9.41. The normalized spacial score (nSPS) is 10.3. The number of H-pyrrole nitrogens is 1. The topological polar surface area (TPSA) is 134 Å². The minimum absolute atomic E-state index is 0.384. The van der Waals surface area contributed by atoms with Crippen molar-refractivity contribution in [2.24, 2.45) is 5.84 Å². The van der Waals surface area contributed by atoms with Crippen LogP contribution >= 0.6 is 0 Å². The summed E-state index contributed by atoms with van der Waals surface area (Å²) in [5.74, 6) is 2.13. The number of aliphatic carboxylic acids is 2. The summed E-state index contributed by atoms with van der Waals surface area (Å²) in [4.78, 5) is 22.1. The summed E-state index contributed by atoms with van der Waals surface area (Å²) in [6.07, 6.45) is 3.77. The molecule has 21 heavy (non-hydrogen) atoms. The van der Waals surface area contributed by atoms with E-state index >= 15 is 0 Å². The number of rotatable bonds is 5. The minimum atomic E-state index is -1.55. The van der Waals surface area contributed by atoms with Gasteiger partial charge >= 0.3 is 0 Å². The van der Waals surface area contributed by atoms with Crippen molar-refractivity contribution in [2.45, 2.75) is 6.42 Å². The molecule has 0 saturated carbocycles. The van der Waals surface area contributed by atoms with Crippen molar-refractivity contribution in [1.29, 1.82) is 0 Å². The number of para-hydroxylation sites is 1. The van der Waals surface area contributed by atoms with Gasteiger partial charge in [-0.1, -0.05) is 18.2 Å². The average molecular weight is 289 g/mol. The molecule has 0 atom stereocenters. The van der Waals surface area contributed by atoms with Crippen LogP contribution in [0.3, 0.4) is 0 Å². The first-order chi connectivity index (χ1) is 10.0. The Hall–Kier alpha value is -2.64. The third kappa shape index (κ3) is 5.89. The van der Waals surface area contributed by atoms with Crippen molar-refractivity contribution in [3.8, 4) is 0 Å². The van der Waals surface area contributed by atoms with E-state index in [4.69, 9.17) is 5.84 Å². The first-order valence-corrected chi connectivity index (χ1v) is 6.13. The molecule has 1 aromatic carbocycles. The Balaban J connectivity index is 0.000000240. The summed E-state index contributed by atoms with van der Waals surface area (Å²) in [5.41, 5.74) is 5.16. The maximum Gasteiger partial charge on any atom is 0.0643 e. The Bertz CT molecular complexity index is 618. The van der Waals surface area contributed by atoms with E-state index in [0.29, 0.717) is 12.2 Å². The molecule has 112 valence electrons. The van der Waals surface area contributed by atoms with E-state index in [1.807, 2.05) is 12.3 Å². The zero-order valence-electron chi connectivity index (χ0n) is 11.2. The van der Waals surface area contributed by atoms with Crippen molar-refractivity contribution in [3.63, 3.8) is 0 Å². The summed E-state index contributed by atoms with van der Waals surface area (Å²) in [6.45, 7) is 0.807. The van der Waals surface area contributed by atoms with Gasteiger partial charge in [-0.2, -0.15) is 0 Å². The summed E-state index contributed by atoms with van der Waals surface area (Å²) in [6, 6.07) is 8.28. The Labute approximate surface area is 121 Å². The lowest BCUT2D eigenvalue weighted by molar-refractivity contribution is -0.301. The minimum Gasteiger partial charge on any atom is -0.545 e. The zero-order valence-corrected chi connectivity index (χ0v) is 11.2. The fourth-order valence-corrected chi connectivity index (χ4v) is 1.68. The van der Waals surface area contributed by atoms with Gasteiger partial charge in [-0.25, -0.2) is 0 Å². The van der Waals surface area contributed by atoms with Gasteiger partial charge in [-0.3, -0.25) is 11.3 Å². The molecule has 0 fully saturated rings. The molecule has 0 saturated heterocycles. The quantitative estimate of drug-likeness (QED) is 0.338. The van der Waals surface area contributed by atoms with E-state index in [0.717, 1.165) is 13.0 Å². The Morgan fingerprint density at radius 1 is 1.19 bits per heavy atom. The van der Waals surface area contributed by atoms with E-state index < -0.39 is 11.9 Å². The number of carboxylic acid groups (broad SMARTS) is 2. The zero-order chi connectivity index (χ0) is 15.7. The summed E-state index contributed by atoms with van der Waals surface area (Å²) in [7, 11) is 0. The van der Waals surface area contributed by atoms with Crippen LogP contribution in [0.5, 0.6) is 0 Å². The van der Waals surface area contributed by atoms with E-state index in [1.165, 1.54) is 16.5 Å². The molecule has 0 bridgehead atoms. The van der Waals surface area contributed by atoms with Gasteiger partial charge in [0.1, 0.15) is 0 Å². The molecule has 2 aromatic rings. The largest absolute Gasteiger partial charge is 0.545 e. The van der Waals surface area contributed by atoms with Gasteiger partial charge < -0.3 is 24.8 Å². The van der Waals surface area contributed by atoms with Crippen LogP contribution in [-0.2, 0) is 16.0 Å². The number of hydrogen-bond donors (Lipinski definition) is 3. The van der Waals surface area contributed by atoms with Gasteiger partial charge in [-0.15, -0.1) is 0 Å². The third-order valence-corrected chi connectivity index (χ3v) is 2.57. The number of benzene rings is 1. The Morgan fingerprint density at radius 3 is 2.38 bits per heavy atom. The molecule has 0 radical (unpaired) electrons. The standard InChI is InChI=1S/C10H13N3.C4H4O4/c11-13-6-5-8-7-12-10-4-2-1-3-9(8)10;5-3(6)1-2-4(7)8/h1-4,7,12-13H,5-6,11H2;1-2H,(H,5,6)(H,7,8)/p-2. The fraction of sp³-hybridized carbons (Fsp3) is 0.143. The molecule has 0 spiro atoms. The molecule has 7 nitrogen and oxygen atoms in total. The molecule has 1 heterocycles. The number of nitrogens with one attached hydrogen (secondary N) is 2. The molecular weight excluding hydrogens is 274 g/mol. The molecule has 0 aliphatic rings. The van der Waals surface area contributed by atoms with Crippen LogP contribution in [0.1, 0.15) is 5.56 Å². The number of nitrogens with two attached hydrogens (primary N) is 1. The molecular formula is C14H15N3O4-2. The second-order valence-electron chi connectivity index (χ2n) is 4.04. The number of carbonyl (C=O) groups is 2. The van der Waals surface area contributed by atoms with Gasteiger partial charge in [0.2, 0.25) is 0 Å². The predicted octanol–water partition coefficient (Wildman–Crippen LogP) is -1.78. The van der Waals surface area contributed by atoms with Crippen LogP contribution in [0.4, 0.5) is 0 Å². The second-order valence-corrected chi connectivity index (χ2v) is 4.04. The fourth-order valence-electron chi connectivity index (χ4n) is 1.68. The predicted molar refractivity (Wildman–Crippen MR) is 73.3 cm³/mol. The van der Waals surface area contributed by atoms with Crippen LogP contribution in [0, 0.1) is 0 Å². The van der Waals surface area contributed by atoms with E-state index in [-0.39, 0.29) is 0 Å². The maximum absolute atomic E-state index is 9.41. The highest BCUT2D eigenvalue weighted by atomic mass is 16.4. The Kier molecular flexibility index (Phi) is 6.66. The van der Waals surface area contributed by atoms with Crippen LogP contribution in [0.15, 0.2) is 42.6 Å². The smallest absolute Gasteiger partial charge is 0.0643 e. The number of carbonyl (C=O) groups excluding carboxylic acids is 2. The lowest BCUT2D eigenvalue weighted by Gasteiger charge is -1.97. The molecule has 0 unspecified atom stereocenters. The molecule has 4 N–H and O–H groups in total. The molecule has 7 heteroatoms. The van der Waals surface area contributed by atoms with Gasteiger partial charge in [0.05, 0.1) is 11.9 Å². The number of hydrogen-bond acceptors (Lipinski definition) is 6. The van der Waals surface area contributed by atoms with Crippen molar-refractivity contribution in [1.82, 2.24) is 10.4 Å². The molecule has 1 aromatic heterocycles. The van der Waals surface area contributed by atoms with Crippen molar-refractivity contribution in [2.75, 3.05) is 6.54 Å². The highest BCUT2D eigenvalue weighted by molar-refractivity contribution is 5.87. The lowest BCUT2D eigenvalue weighted by Crippen LogP contribution is -2.24. The van der Waals surface area contributed by atoms with Crippen molar-refractivity contribution >= 4 is 22.8 Å². The van der Waals surface area contributed by atoms with Gasteiger partial charge in [0, 0.05) is 23.6 Å². The van der Waals surface area contributed by atoms with Gasteiger partial charge in [-0.05, 0) is 30.2 Å². The van der Waals surface area contributed by atoms with E-state index in [9.17, 15) is 19.8 Å². The van der Waals surface area contributed by atoms with Crippen LogP contribution in [0.25, 0.3) is 10.9 Å². The van der Waals surface area contributed by atoms with Gasteiger partial charge in [0.25, 0.3) is 0 Å². The average Bonchev–Trinajstić information content (AvgIpc) is 2.87. The number of fused-ring (bicyclic) bond motifs is 1. The monoisotopic (exact) mass is 289 g/mol. The number of carboxylic acids is 2. The van der Waals surface area contributed by atoms with Crippen molar-refractivity contribution < 1.29 is 19.8 Å². The third-order valence-electron chi connectivity index (χ3n) is 2.57. The van der Waals surface area contributed by atoms with E-state index in [2.05, 4.69) is 28.6 Å². The summed E-state index contributed by atoms with van der Waals surface area (Å²) < 4.78 is 0. The SMILES string of the molecule is NNCCc1c[nH]c2ccccc12.O=C([O-])C=CC(=O)[O-]. The number of hydrazine groups is 1. The molecule has 2 rings (SSSR count). The molecule has 0 amide bonds. The van der Waals surface area contributed by atoms with Crippen LogP contribution < -0.4 is 21.5 Å². The molecule has 0 aliphatic heterocycles. The second kappa shape index (κ2) is 8.51. The number of aromatic amines is 1. The lowest BCUT2D eigenvalue weighted by atomic mass is 10.1. The molecule has 0 aliphatic carbocycles. The first-order valence-electron chi connectivity index (χ1n) is 6.13. The summed E-state index contributed by atoms with van der Waals surface area (Å²) >= 11 is 0. The Morgan fingerprint density at radius 2 is 1.81 bits per heavy atom. The summed E-state index contributed by atoms with van der Waals surface area (Å²) in [5, 5.41) is 20.1. The first kappa shape index (κ1) is 16.4. The van der Waals surface area contributed by atoms with E-state index in [1.54, 1.807) is 0 Å². The van der Waals surface area contributed by atoms with Crippen molar-refractivity contribution in [3.05, 3.63) is 48.2 Å². The highest BCUT2D eigenvalue weighted by Gasteiger charge is 2.00. The van der Waals surface area contributed by atoms with Gasteiger partial charge in [0.15, 0.2) is 0 Å². The number of aromatic nitrogens is 1. The highest BCUT2D eigenvalue weighted by Crippen LogP contribution is 2.17.